The topological polar surface area (TPSA) is 26.0 Å². The molecule has 0 aromatic heterocycles. The second-order valence-electron chi connectivity index (χ2n) is 13.0. The predicted molar refractivity (Wildman–Crippen MR) is 126 cm³/mol. The van der Waals surface area contributed by atoms with Crippen LogP contribution in [0.4, 0.5) is 0 Å². The molecule has 9 unspecified atom stereocenters. The Labute approximate surface area is 182 Å². The lowest BCUT2D eigenvalue weighted by atomic mass is 9.40. The Morgan fingerprint density at radius 3 is 2.45 bits per heavy atom. The van der Waals surface area contributed by atoms with Gasteiger partial charge in [0.05, 0.1) is 0 Å². The average Bonchev–Trinajstić information content (AvgIpc) is 3.02. The van der Waals surface area contributed by atoms with E-state index in [4.69, 9.17) is 5.73 Å². The van der Waals surface area contributed by atoms with E-state index >= 15 is 0 Å². The normalized spacial score (nSPS) is 50.5. The number of hydrogen-bond acceptors (Lipinski definition) is 1. The fraction of sp³-hybridized carbons (Fsp3) is 1.00. The van der Waals surface area contributed by atoms with Crippen LogP contribution in [0.15, 0.2) is 0 Å². The zero-order valence-electron chi connectivity index (χ0n) is 20.4. The van der Waals surface area contributed by atoms with Crippen molar-refractivity contribution in [3.63, 3.8) is 0 Å². The van der Waals surface area contributed by atoms with Gasteiger partial charge in [0.25, 0.3) is 0 Å². The highest BCUT2D eigenvalue weighted by atomic mass is 14.7. The second kappa shape index (κ2) is 8.14. The van der Waals surface area contributed by atoms with Crippen molar-refractivity contribution in [2.24, 2.45) is 51.6 Å². The average molecular weight is 402 g/mol. The summed E-state index contributed by atoms with van der Waals surface area (Å²) in [5.74, 6) is 4.98. The van der Waals surface area contributed by atoms with Crippen molar-refractivity contribution in [1.29, 1.82) is 0 Å². The molecule has 29 heavy (non-hydrogen) atoms. The molecule has 0 aromatic carbocycles. The Morgan fingerprint density at radius 2 is 1.69 bits per heavy atom. The first-order chi connectivity index (χ1) is 13.7. The van der Waals surface area contributed by atoms with Gasteiger partial charge in [-0.15, -0.1) is 0 Å². The molecular weight excluding hydrogens is 350 g/mol. The van der Waals surface area contributed by atoms with E-state index in [1.54, 1.807) is 6.42 Å². The third kappa shape index (κ3) is 3.64. The van der Waals surface area contributed by atoms with Gasteiger partial charge in [-0.25, -0.2) is 0 Å². The van der Waals surface area contributed by atoms with Crippen LogP contribution in [0, 0.1) is 45.8 Å². The van der Waals surface area contributed by atoms with Crippen molar-refractivity contribution in [1.82, 2.24) is 0 Å². The van der Waals surface area contributed by atoms with Gasteiger partial charge in [-0.3, -0.25) is 0 Å². The Balaban J connectivity index is 1.43. The molecule has 0 spiro atoms. The quantitative estimate of drug-likeness (QED) is 0.449. The molecule has 0 aliphatic heterocycles. The van der Waals surface area contributed by atoms with Gasteiger partial charge < -0.3 is 5.73 Å². The van der Waals surface area contributed by atoms with E-state index in [1.807, 2.05) is 0 Å². The lowest BCUT2D eigenvalue weighted by Crippen LogP contribution is -2.59. The minimum absolute atomic E-state index is 0.463. The number of unbranched alkanes of at least 4 members (excludes halogenated alkanes) is 1. The molecule has 1 nitrogen and oxygen atoms in total. The van der Waals surface area contributed by atoms with Crippen molar-refractivity contribution in [3.8, 4) is 0 Å². The summed E-state index contributed by atoms with van der Waals surface area (Å²) in [7, 11) is 0. The predicted octanol–water partition coefficient (Wildman–Crippen LogP) is 7.97. The van der Waals surface area contributed by atoms with Crippen molar-refractivity contribution in [2.45, 2.75) is 131 Å². The Kier molecular flexibility index (Phi) is 6.22. The maximum atomic E-state index is 6.46. The van der Waals surface area contributed by atoms with E-state index in [-0.39, 0.29) is 0 Å². The summed E-state index contributed by atoms with van der Waals surface area (Å²) in [5, 5.41) is 0. The number of rotatable bonds is 6. The maximum Gasteiger partial charge on any atom is 0.00444 e. The Bertz CT molecular complexity index is 571. The SMILES string of the molecule is CCC(C)CCCCC1CCC2C3CCC4(C)CC(N)CCC4(C)C3CCC12C. The van der Waals surface area contributed by atoms with E-state index < -0.39 is 0 Å². The molecule has 0 radical (unpaired) electrons. The summed E-state index contributed by atoms with van der Waals surface area (Å²) >= 11 is 0. The van der Waals surface area contributed by atoms with Gasteiger partial charge in [-0.05, 0) is 110 Å². The Morgan fingerprint density at radius 1 is 0.897 bits per heavy atom. The van der Waals surface area contributed by atoms with Crippen LogP contribution in [0.2, 0.25) is 0 Å². The fourth-order valence-corrected chi connectivity index (χ4v) is 9.36. The molecule has 4 aliphatic rings. The standard InChI is InChI=1S/C28H51N/c1-6-20(2)9-7-8-10-21-11-12-24-23-14-16-26(3)19-22(29)13-18-28(26,5)25(23)15-17-27(21,24)4/h20-25H,6-19,29H2,1-5H3. The largest absolute Gasteiger partial charge is 0.328 e. The van der Waals surface area contributed by atoms with Gasteiger partial charge in [0.1, 0.15) is 0 Å². The summed E-state index contributed by atoms with van der Waals surface area (Å²) in [4.78, 5) is 0. The third-order valence-electron chi connectivity index (χ3n) is 11.8. The van der Waals surface area contributed by atoms with Crippen LogP contribution in [0.1, 0.15) is 125 Å². The fourth-order valence-electron chi connectivity index (χ4n) is 9.36. The molecule has 4 fully saturated rings. The Hall–Kier alpha value is -0.0400. The number of hydrogen-bond donors (Lipinski definition) is 1. The molecule has 0 amide bonds. The molecule has 0 saturated heterocycles. The summed E-state index contributed by atoms with van der Waals surface area (Å²) < 4.78 is 0. The lowest BCUT2D eigenvalue weighted by molar-refractivity contribution is -0.155. The zero-order valence-corrected chi connectivity index (χ0v) is 20.4. The van der Waals surface area contributed by atoms with Gasteiger partial charge >= 0.3 is 0 Å². The zero-order chi connectivity index (χ0) is 20.9. The summed E-state index contributed by atoms with van der Waals surface area (Å²) in [6.45, 7) is 12.8. The lowest BCUT2D eigenvalue weighted by Gasteiger charge is -2.65. The van der Waals surface area contributed by atoms with E-state index in [0.717, 1.165) is 29.6 Å². The molecule has 0 bridgehead atoms. The van der Waals surface area contributed by atoms with Crippen LogP contribution in [0.3, 0.4) is 0 Å². The first-order valence-corrected chi connectivity index (χ1v) is 13.5. The molecule has 168 valence electrons. The van der Waals surface area contributed by atoms with Gasteiger partial charge in [0.2, 0.25) is 0 Å². The molecule has 0 aromatic rings. The van der Waals surface area contributed by atoms with Crippen molar-refractivity contribution < 1.29 is 0 Å². The van der Waals surface area contributed by atoms with Gasteiger partial charge in [-0.1, -0.05) is 60.3 Å². The van der Waals surface area contributed by atoms with Gasteiger partial charge in [-0.2, -0.15) is 0 Å². The van der Waals surface area contributed by atoms with Crippen LogP contribution in [0.25, 0.3) is 0 Å². The highest BCUT2D eigenvalue weighted by Gasteiger charge is 2.62. The van der Waals surface area contributed by atoms with E-state index in [0.29, 0.717) is 22.3 Å². The number of fused-ring (bicyclic) bond motifs is 5. The second-order valence-corrected chi connectivity index (χ2v) is 13.0. The van der Waals surface area contributed by atoms with Crippen LogP contribution in [0.5, 0.6) is 0 Å². The molecule has 0 heterocycles. The molecule has 4 saturated carbocycles. The smallest absolute Gasteiger partial charge is 0.00444 e. The minimum atomic E-state index is 0.463. The molecule has 4 aliphatic carbocycles. The summed E-state index contributed by atoms with van der Waals surface area (Å²) in [6.07, 6.45) is 20.3. The van der Waals surface area contributed by atoms with E-state index in [1.165, 1.54) is 83.5 Å². The van der Waals surface area contributed by atoms with E-state index in [9.17, 15) is 0 Å². The molecule has 2 N–H and O–H groups in total. The maximum absolute atomic E-state index is 6.46. The minimum Gasteiger partial charge on any atom is -0.328 e. The molecule has 4 rings (SSSR count). The summed E-state index contributed by atoms with van der Waals surface area (Å²) in [6, 6.07) is 0.463. The highest BCUT2D eigenvalue weighted by Crippen LogP contribution is 2.70. The van der Waals surface area contributed by atoms with Gasteiger partial charge in [0.15, 0.2) is 0 Å². The first-order valence-electron chi connectivity index (χ1n) is 13.5. The highest BCUT2D eigenvalue weighted by molar-refractivity contribution is 5.12. The molecular formula is C28H51N. The van der Waals surface area contributed by atoms with Crippen molar-refractivity contribution in [3.05, 3.63) is 0 Å². The van der Waals surface area contributed by atoms with Crippen LogP contribution < -0.4 is 5.73 Å². The van der Waals surface area contributed by atoms with Crippen LogP contribution in [-0.4, -0.2) is 6.04 Å². The van der Waals surface area contributed by atoms with Gasteiger partial charge in [0, 0.05) is 6.04 Å². The monoisotopic (exact) mass is 401 g/mol. The first kappa shape index (κ1) is 22.2. The van der Waals surface area contributed by atoms with Crippen molar-refractivity contribution >= 4 is 0 Å². The van der Waals surface area contributed by atoms with Crippen molar-refractivity contribution in [2.75, 3.05) is 0 Å². The summed E-state index contributed by atoms with van der Waals surface area (Å²) in [5.41, 5.74) is 8.19. The third-order valence-corrected chi connectivity index (χ3v) is 11.8. The van der Waals surface area contributed by atoms with Crippen LogP contribution in [-0.2, 0) is 0 Å². The molecule has 1 heteroatoms. The van der Waals surface area contributed by atoms with E-state index in [2.05, 4.69) is 34.6 Å². The number of nitrogens with two attached hydrogens (primary N) is 1. The molecule has 9 atom stereocenters. The van der Waals surface area contributed by atoms with Crippen LogP contribution >= 0.6 is 0 Å².